The lowest BCUT2D eigenvalue weighted by molar-refractivity contribution is 0.0197. The van der Waals surface area contributed by atoms with Crippen LogP contribution in [-0.2, 0) is 4.74 Å². The predicted octanol–water partition coefficient (Wildman–Crippen LogP) is 4.94. The number of ether oxygens (including phenoxy) is 1. The molecule has 0 N–H and O–H groups in total. The molecule has 6 heteroatoms. The highest BCUT2D eigenvalue weighted by atomic mass is 32.1. The zero-order chi connectivity index (χ0) is 18.9. The van der Waals surface area contributed by atoms with Crippen LogP contribution in [0.5, 0.6) is 0 Å². The summed E-state index contributed by atoms with van der Waals surface area (Å²) in [6.45, 7) is 11.2. The van der Waals surface area contributed by atoms with E-state index >= 15 is 0 Å². The van der Waals surface area contributed by atoms with E-state index in [1.165, 1.54) is 4.88 Å². The molecule has 0 radical (unpaired) electrons. The minimum absolute atomic E-state index is 0.229. The number of hydrogen-bond acceptors (Lipinski definition) is 5. The van der Waals surface area contributed by atoms with E-state index in [4.69, 9.17) is 4.74 Å². The molecule has 1 atom stereocenters. The Labute approximate surface area is 159 Å². The molecular formula is C20H27N3O2S. The number of hydrogen-bond donors (Lipinski definition) is 0. The molecule has 1 fully saturated rings. The molecule has 1 amide bonds. The summed E-state index contributed by atoms with van der Waals surface area (Å²) in [5.74, 6) is 0.255. The summed E-state index contributed by atoms with van der Waals surface area (Å²) in [5, 5.41) is 1.01. The lowest BCUT2D eigenvalue weighted by atomic mass is 9.94. The first-order chi connectivity index (χ1) is 12.2. The van der Waals surface area contributed by atoms with Gasteiger partial charge in [-0.15, -0.1) is 11.3 Å². The Hall–Kier alpha value is -1.95. The number of rotatable bonds is 2. The molecule has 0 spiro atoms. The normalized spacial score (nSPS) is 18.0. The molecule has 3 rings (SSSR count). The minimum Gasteiger partial charge on any atom is -0.444 e. The molecule has 0 bridgehead atoms. The fourth-order valence-electron chi connectivity index (χ4n) is 3.08. The molecule has 5 nitrogen and oxygen atoms in total. The monoisotopic (exact) mass is 373 g/mol. The minimum atomic E-state index is -0.464. The van der Waals surface area contributed by atoms with Gasteiger partial charge in [0.05, 0.1) is 5.69 Å². The van der Waals surface area contributed by atoms with Crippen LogP contribution in [0.2, 0.25) is 0 Å². The first kappa shape index (κ1) is 18.8. The van der Waals surface area contributed by atoms with Gasteiger partial charge in [0.2, 0.25) is 0 Å². The molecule has 1 saturated heterocycles. The maximum absolute atomic E-state index is 12.3. The van der Waals surface area contributed by atoms with Crippen LogP contribution in [-0.4, -0.2) is 39.7 Å². The van der Waals surface area contributed by atoms with Crippen LogP contribution in [0.3, 0.4) is 0 Å². The molecule has 2 aromatic heterocycles. The highest BCUT2D eigenvalue weighted by Gasteiger charge is 2.28. The summed E-state index contributed by atoms with van der Waals surface area (Å²) >= 11 is 1.70. The molecular weight excluding hydrogens is 346 g/mol. The van der Waals surface area contributed by atoms with Crippen LogP contribution in [0, 0.1) is 13.8 Å². The third-order valence-corrected chi connectivity index (χ3v) is 5.68. The van der Waals surface area contributed by atoms with Crippen molar-refractivity contribution in [2.45, 2.75) is 59.0 Å². The van der Waals surface area contributed by atoms with E-state index in [9.17, 15) is 4.79 Å². The van der Waals surface area contributed by atoms with E-state index in [0.29, 0.717) is 6.54 Å². The first-order valence-corrected chi connectivity index (χ1v) is 9.93. The van der Waals surface area contributed by atoms with Crippen molar-refractivity contribution in [1.29, 1.82) is 0 Å². The Bertz CT molecular complexity index is 758. The van der Waals surface area contributed by atoms with Gasteiger partial charge in [-0.05, 0) is 59.6 Å². The quantitative estimate of drug-likeness (QED) is 0.748. The Morgan fingerprint density at radius 3 is 2.65 bits per heavy atom. The molecule has 2 aromatic rings. The third kappa shape index (κ3) is 4.41. The first-order valence-electron chi connectivity index (χ1n) is 9.11. The van der Waals surface area contributed by atoms with Gasteiger partial charge in [-0.3, -0.25) is 4.98 Å². The number of thiazole rings is 1. The molecule has 0 aliphatic carbocycles. The number of piperidine rings is 1. The van der Waals surface area contributed by atoms with Gasteiger partial charge in [-0.1, -0.05) is 0 Å². The van der Waals surface area contributed by atoms with E-state index in [0.717, 1.165) is 41.3 Å². The zero-order valence-electron chi connectivity index (χ0n) is 16.2. The fraction of sp³-hybridized carbons (Fsp3) is 0.550. The lowest BCUT2D eigenvalue weighted by Gasteiger charge is -2.33. The second kappa shape index (κ2) is 7.35. The topological polar surface area (TPSA) is 55.3 Å². The molecule has 3 heterocycles. The number of likely N-dealkylation sites (tertiary alicyclic amines) is 1. The van der Waals surface area contributed by atoms with Gasteiger partial charge in [0.1, 0.15) is 10.6 Å². The van der Waals surface area contributed by atoms with Crippen molar-refractivity contribution in [1.82, 2.24) is 14.9 Å². The highest BCUT2D eigenvalue weighted by Crippen LogP contribution is 2.30. The van der Waals surface area contributed by atoms with Crippen LogP contribution >= 0.6 is 11.3 Å². The van der Waals surface area contributed by atoms with Gasteiger partial charge in [-0.25, -0.2) is 9.78 Å². The third-order valence-electron chi connectivity index (χ3n) is 4.55. The standard InChI is InChI=1S/C20H27N3O2S/c1-13-14(2)26-18(22-13)15-8-9-17(21-11-15)16-7-6-10-23(12-16)19(24)25-20(3,4)5/h8-9,11,16H,6-7,10,12H2,1-5H3. The van der Waals surface area contributed by atoms with E-state index in [1.54, 1.807) is 11.3 Å². The summed E-state index contributed by atoms with van der Waals surface area (Å²) in [4.78, 5) is 24.7. The second-order valence-electron chi connectivity index (χ2n) is 7.90. The van der Waals surface area contributed by atoms with Crippen LogP contribution in [0.1, 0.15) is 55.8 Å². The Morgan fingerprint density at radius 2 is 2.08 bits per heavy atom. The summed E-state index contributed by atoms with van der Waals surface area (Å²) < 4.78 is 5.51. The molecule has 1 aliphatic heterocycles. The molecule has 26 heavy (non-hydrogen) atoms. The van der Waals surface area contributed by atoms with Crippen molar-refractivity contribution >= 4 is 17.4 Å². The van der Waals surface area contributed by atoms with E-state index in [1.807, 2.05) is 38.8 Å². The van der Waals surface area contributed by atoms with Gasteiger partial charge >= 0.3 is 6.09 Å². The number of pyridine rings is 1. The summed E-state index contributed by atoms with van der Waals surface area (Å²) in [7, 11) is 0. The van der Waals surface area contributed by atoms with Gasteiger partial charge in [0.25, 0.3) is 0 Å². The van der Waals surface area contributed by atoms with E-state index in [-0.39, 0.29) is 12.0 Å². The number of carbonyl (C=O) groups is 1. The van der Waals surface area contributed by atoms with E-state index in [2.05, 4.69) is 29.0 Å². The van der Waals surface area contributed by atoms with Crippen molar-refractivity contribution in [3.05, 3.63) is 34.6 Å². The number of amides is 1. The maximum atomic E-state index is 12.3. The number of carbonyl (C=O) groups excluding carboxylic acids is 1. The van der Waals surface area contributed by atoms with Crippen molar-refractivity contribution in [3.8, 4) is 10.6 Å². The average molecular weight is 374 g/mol. The second-order valence-corrected chi connectivity index (χ2v) is 9.10. The average Bonchev–Trinajstić information content (AvgIpc) is 2.93. The smallest absolute Gasteiger partial charge is 0.410 e. The molecule has 1 unspecified atom stereocenters. The molecule has 1 aliphatic rings. The van der Waals surface area contributed by atoms with Gasteiger partial charge in [-0.2, -0.15) is 0 Å². The summed E-state index contributed by atoms with van der Waals surface area (Å²) in [6, 6.07) is 4.16. The molecule has 0 aromatic carbocycles. The van der Waals surface area contributed by atoms with Crippen LogP contribution < -0.4 is 0 Å². The molecule has 140 valence electrons. The lowest BCUT2D eigenvalue weighted by Crippen LogP contribution is -2.42. The summed E-state index contributed by atoms with van der Waals surface area (Å²) in [6.07, 6.45) is 3.69. The van der Waals surface area contributed by atoms with Gasteiger partial charge < -0.3 is 9.64 Å². The Morgan fingerprint density at radius 1 is 1.31 bits per heavy atom. The van der Waals surface area contributed by atoms with Crippen LogP contribution in [0.4, 0.5) is 4.79 Å². The number of aromatic nitrogens is 2. The Kier molecular flexibility index (Phi) is 5.32. The van der Waals surface area contributed by atoms with E-state index < -0.39 is 5.60 Å². The number of aryl methyl sites for hydroxylation is 2. The predicted molar refractivity (Wildman–Crippen MR) is 105 cm³/mol. The summed E-state index contributed by atoms with van der Waals surface area (Å²) in [5.41, 5.74) is 2.70. The highest BCUT2D eigenvalue weighted by molar-refractivity contribution is 7.15. The fourth-order valence-corrected chi connectivity index (χ4v) is 3.98. The van der Waals surface area contributed by atoms with Crippen molar-refractivity contribution < 1.29 is 9.53 Å². The number of nitrogens with zero attached hydrogens (tertiary/aromatic N) is 3. The molecule has 0 saturated carbocycles. The van der Waals surface area contributed by atoms with Crippen molar-refractivity contribution in [2.75, 3.05) is 13.1 Å². The van der Waals surface area contributed by atoms with Gasteiger partial charge in [0.15, 0.2) is 0 Å². The maximum Gasteiger partial charge on any atom is 0.410 e. The van der Waals surface area contributed by atoms with Crippen molar-refractivity contribution in [3.63, 3.8) is 0 Å². The van der Waals surface area contributed by atoms with Crippen LogP contribution in [0.15, 0.2) is 18.3 Å². The Balaban J connectivity index is 1.69. The van der Waals surface area contributed by atoms with Gasteiger partial charge in [0, 0.05) is 41.3 Å². The van der Waals surface area contributed by atoms with Crippen molar-refractivity contribution in [2.24, 2.45) is 0 Å². The van der Waals surface area contributed by atoms with Crippen LogP contribution in [0.25, 0.3) is 10.6 Å². The zero-order valence-corrected chi connectivity index (χ0v) is 17.0. The largest absolute Gasteiger partial charge is 0.444 e. The SMILES string of the molecule is Cc1nc(-c2ccc(C3CCCN(C(=O)OC(C)(C)C)C3)nc2)sc1C.